The molecule has 0 saturated carbocycles. The average molecular weight is 317 g/mol. The molecule has 0 aromatic heterocycles. The monoisotopic (exact) mass is 317 g/mol. The molecule has 1 N–H and O–H groups in total. The van der Waals surface area contributed by atoms with Crippen molar-refractivity contribution >= 4 is 23.8 Å². The lowest BCUT2D eigenvalue weighted by molar-refractivity contribution is -0.143. The van der Waals surface area contributed by atoms with Gasteiger partial charge < -0.3 is 14.9 Å². The van der Waals surface area contributed by atoms with Crippen LogP contribution in [0.3, 0.4) is 0 Å². The molecule has 0 aromatic rings. The Labute approximate surface area is 131 Å². The van der Waals surface area contributed by atoms with Gasteiger partial charge in [-0.3, -0.25) is 9.69 Å². The number of carboxylic acids is 1. The number of rotatable bonds is 6. The van der Waals surface area contributed by atoms with Crippen molar-refractivity contribution in [3.05, 3.63) is 0 Å². The molecule has 1 saturated heterocycles. The minimum Gasteiger partial charge on any atom is -0.480 e. The number of urea groups is 1. The van der Waals surface area contributed by atoms with Crippen molar-refractivity contribution < 1.29 is 14.7 Å². The summed E-state index contributed by atoms with van der Waals surface area (Å²) in [7, 11) is 1.86. The number of carbonyl (C=O) groups excluding carboxylic acids is 1. The fraction of sp³-hybridized carbons (Fsp3) is 0.857. The van der Waals surface area contributed by atoms with E-state index < -0.39 is 12.0 Å². The Morgan fingerprint density at radius 1 is 1.29 bits per heavy atom. The predicted octanol–water partition coefficient (Wildman–Crippen LogP) is 1.27. The Bertz CT molecular complexity index is 359. The molecule has 2 unspecified atom stereocenters. The molecule has 21 heavy (non-hydrogen) atoms. The maximum absolute atomic E-state index is 12.5. The van der Waals surface area contributed by atoms with Gasteiger partial charge in [0.15, 0.2) is 0 Å². The van der Waals surface area contributed by atoms with E-state index in [1.807, 2.05) is 28.0 Å². The summed E-state index contributed by atoms with van der Waals surface area (Å²) in [6.07, 6.45) is 2.99. The number of nitrogens with zero attached hydrogens (tertiary/aromatic N) is 3. The van der Waals surface area contributed by atoms with Gasteiger partial charge >= 0.3 is 12.0 Å². The third-order valence-electron chi connectivity index (χ3n) is 4.17. The molecule has 2 atom stereocenters. The molecule has 0 spiro atoms. The van der Waals surface area contributed by atoms with Crippen molar-refractivity contribution in [2.45, 2.75) is 32.4 Å². The second-order valence-electron chi connectivity index (χ2n) is 5.45. The van der Waals surface area contributed by atoms with Gasteiger partial charge in [0.25, 0.3) is 0 Å². The molecule has 1 heterocycles. The van der Waals surface area contributed by atoms with Crippen molar-refractivity contribution in [1.29, 1.82) is 0 Å². The summed E-state index contributed by atoms with van der Waals surface area (Å²) in [6, 6.07) is -0.179. The first-order valence-electron chi connectivity index (χ1n) is 7.39. The first kappa shape index (κ1) is 18.1. The highest BCUT2D eigenvalue weighted by Crippen LogP contribution is 2.13. The third-order valence-corrected chi connectivity index (χ3v) is 4.89. The Morgan fingerprint density at radius 2 is 1.86 bits per heavy atom. The molecule has 1 rings (SSSR count). The lowest BCUT2D eigenvalue weighted by Crippen LogP contribution is -2.56. The Hall–Kier alpha value is -0.950. The van der Waals surface area contributed by atoms with Crippen LogP contribution < -0.4 is 0 Å². The highest BCUT2D eigenvalue weighted by atomic mass is 32.2. The number of piperazine rings is 1. The van der Waals surface area contributed by atoms with Crippen LogP contribution in [0.1, 0.15) is 20.3 Å². The van der Waals surface area contributed by atoms with Gasteiger partial charge in [0.05, 0.1) is 0 Å². The zero-order chi connectivity index (χ0) is 16.0. The number of carbonyl (C=O) groups is 2. The molecule has 0 aromatic carbocycles. The van der Waals surface area contributed by atoms with Crippen molar-refractivity contribution in [3.8, 4) is 0 Å². The minimum atomic E-state index is -0.807. The summed E-state index contributed by atoms with van der Waals surface area (Å²) in [5.74, 6) is 0.132. The minimum absolute atomic E-state index is 0.0542. The molecule has 122 valence electrons. The molecule has 0 aliphatic carbocycles. The predicted molar refractivity (Wildman–Crippen MR) is 85.9 cm³/mol. The molecular weight excluding hydrogens is 290 g/mol. The zero-order valence-electron chi connectivity index (χ0n) is 13.4. The Morgan fingerprint density at radius 3 is 2.29 bits per heavy atom. The first-order chi connectivity index (χ1) is 9.92. The summed E-state index contributed by atoms with van der Waals surface area (Å²) < 4.78 is 0. The van der Waals surface area contributed by atoms with Crippen LogP contribution in [0.25, 0.3) is 0 Å². The standard InChI is InChI=1S/C14H27N3O3S/c1-5-12(10-21-4)15(3)14(20)17-8-6-16(7-9-17)11(2)13(18)19/h11-12H,5-10H2,1-4H3,(H,18,19). The molecule has 0 radical (unpaired) electrons. The van der Waals surface area contributed by atoms with Crippen LogP contribution in [0.2, 0.25) is 0 Å². The van der Waals surface area contributed by atoms with Crippen molar-refractivity contribution in [3.63, 3.8) is 0 Å². The van der Waals surface area contributed by atoms with E-state index in [1.165, 1.54) is 0 Å². The van der Waals surface area contributed by atoms with E-state index in [0.717, 1.165) is 12.2 Å². The number of thioether (sulfide) groups is 1. The van der Waals surface area contributed by atoms with Gasteiger partial charge in [0, 0.05) is 45.0 Å². The number of aliphatic carboxylic acids is 1. The van der Waals surface area contributed by atoms with E-state index in [9.17, 15) is 9.59 Å². The van der Waals surface area contributed by atoms with Gasteiger partial charge in [0.1, 0.15) is 6.04 Å². The van der Waals surface area contributed by atoms with E-state index in [1.54, 1.807) is 18.7 Å². The Balaban J connectivity index is 2.53. The largest absolute Gasteiger partial charge is 0.480 e. The topological polar surface area (TPSA) is 64.1 Å². The van der Waals surface area contributed by atoms with E-state index in [4.69, 9.17) is 5.11 Å². The zero-order valence-corrected chi connectivity index (χ0v) is 14.2. The van der Waals surface area contributed by atoms with Crippen LogP contribution in [-0.2, 0) is 4.79 Å². The van der Waals surface area contributed by atoms with Crippen LogP contribution in [-0.4, -0.2) is 89.1 Å². The number of carboxylic acid groups (broad SMARTS) is 1. The normalized spacial score (nSPS) is 19.1. The van der Waals surface area contributed by atoms with Gasteiger partial charge in [-0.15, -0.1) is 0 Å². The molecular formula is C14H27N3O3S. The fourth-order valence-corrected chi connectivity index (χ4v) is 3.38. The quantitative estimate of drug-likeness (QED) is 0.799. The molecule has 1 fully saturated rings. The van der Waals surface area contributed by atoms with Crippen molar-refractivity contribution in [2.24, 2.45) is 0 Å². The second-order valence-corrected chi connectivity index (χ2v) is 6.36. The van der Waals surface area contributed by atoms with E-state index in [-0.39, 0.29) is 12.1 Å². The molecule has 7 heteroatoms. The Kier molecular flexibility index (Phi) is 7.31. The van der Waals surface area contributed by atoms with Crippen molar-refractivity contribution in [1.82, 2.24) is 14.7 Å². The molecule has 6 nitrogen and oxygen atoms in total. The smallest absolute Gasteiger partial charge is 0.320 e. The molecule has 1 aliphatic rings. The van der Waals surface area contributed by atoms with Crippen molar-refractivity contribution in [2.75, 3.05) is 45.2 Å². The molecule has 2 amide bonds. The van der Waals surface area contributed by atoms with Gasteiger partial charge in [-0.05, 0) is 19.6 Å². The second kappa shape index (κ2) is 8.48. The number of hydrogen-bond acceptors (Lipinski definition) is 4. The summed E-state index contributed by atoms with van der Waals surface area (Å²) >= 11 is 1.75. The summed E-state index contributed by atoms with van der Waals surface area (Å²) in [4.78, 5) is 29.0. The third kappa shape index (κ3) is 4.78. The SMILES string of the molecule is CCC(CSC)N(C)C(=O)N1CCN(C(C)C(=O)O)CC1. The van der Waals surface area contributed by atoms with Crippen LogP contribution in [0.15, 0.2) is 0 Å². The van der Waals surface area contributed by atoms with Gasteiger partial charge in [-0.1, -0.05) is 6.92 Å². The highest BCUT2D eigenvalue weighted by Gasteiger charge is 2.29. The maximum atomic E-state index is 12.5. The molecule has 1 aliphatic heterocycles. The molecule has 0 bridgehead atoms. The van der Waals surface area contributed by atoms with E-state index >= 15 is 0 Å². The van der Waals surface area contributed by atoms with Gasteiger partial charge in [-0.25, -0.2) is 4.79 Å². The van der Waals surface area contributed by atoms with Gasteiger partial charge in [0.2, 0.25) is 0 Å². The first-order valence-corrected chi connectivity index (χ1v) is 8.79. The van der Waals surface area contributed by atoms with E-state index in [2.05, 4.69) is 6.92 Å². The average Bonchev–Trinajstić information content (AvgIpc) is 2.50. The fourth-order valence-electron chi connectivity index (χ4n) is 2.53. The lowest BCUT2D eigenvalue weighted by Gasteiger charge is -2.39. The lowest BCUT2D eigenvalue weighted by atomic mass is 10.2. The number of hydrogen-bond donors (Lipinski definition) is 1. The summed E-state index contributed by atoms with van der Waals surface area (Å²) in [5.41, 5.74) is 0. The van der Waals surface area contributed by atoms with Gasteiger partial charge in [-0.2, -0.15) is 11.8 Å². The van der Waals surface area contributed by atoms with E-state index in [0.29, 0.717) is 26.2 Å². The van der Waals surface area contributed by atoms with Crippen LogP contribution in [0, 0.1) is 0 Å². The van der Waals surface area contributed by atoms with Crippen LogP contribution in [0.5, 0.6) is 0 Å². The highest BCUT2D eigenvalue weighted by molar-refractivity contribution is 7.98. The van der Waals surface area contributed by atoms with Crippen LogP contribution >= 0.6 is 11.8 Å². The summed E-state index contributed by atoms with van der Waals surface area (Å²) in [6.45, 7) is 6.21. The van der Waals surface area contributed by atoms with Crippen LogP contribution in [0.4, 0.5) is 4.79 Å². The number of amides is 2. The summed E-state index contributed by atoms with van der Waals surface area (Å²) in [5, 5.41) is 9.03. The maximum Gasteiger partial charge on any atom is 0.320 e.